The zero-order chi connectivity index (χ0) is 18.7. The van der Waals surface area contributed by atoms with E-state index >= 15 is 0 Å². The summed E-state index contributed by atoms with van der Waals surface area (Å²) in [6.07, 6.45) is 5.05. The molecule has 5 rings (SSSR count). The number of nitrogen functional groups attached to an aromatic ring is 1. The number of hydrogen-bond donors (Lipinski definition) is 1. The van der Waals surface area contributed by atoms with Crippen LogP contribution >= 0.6 is 22.9 Å². The van der Waals surface area contributed by atoms with E-state index in [1.807, 2.05) is 23.6 Å². The van der Waals surface area contributed by atoms with Gasteiger partial charge >= 0.3 is 0 Å². The number of rotatable bonds is 2. The quantitative estimate of drug-likeness (QED) is 0.559. The molecule has 0 bridgehead atoms. The molecule has 3 aromatic heterocycles. The molecule has 1 amide bonds. The number of halogens is 1. The third kappa shape index (κ3) is 2.48. The van der Waals surface area contributed by atoms with Crippen molar-refractivity contribution in [1.29, 1.82) is 0 Å². The van der Waals surface area contributed by atoms with E-state index in [0.29, 0.717) is 15.8 Å². The van der Waals surface area contributed by atoms with Crippen LogP contribution in [0.5, 0.6) is 0 Å². The van der Waals surface area contributed by atoms with Gasteiger partial charge in [-0.2, -0.15) is 0 Å². The van der Waals surface area contributed by atoms with Crippen LogP contribution in [-0.2, 0) is 6.42 Å². The Morgan fingerprint density at radius 1 is 1.37 bits per heavy atom. The first kappa shape index (κ1) is 16.5. The van der Waals surface area contributed by atoms with Crippen LogP contribution in [0.15, 0.2) is 30.7 Å². The highest BCUT2D eigenvalue weighted by atomic mass is 35.5. The zero-order valence-electron chi connectivity index (χ0n) is 14.4. The van der Waals surface area contributed by atoms with E-state index in [9.17, 15) is 4.79 Å². The maximum Gasteiger partial charge on any atom is 0.254 e. The van der Waals surface area contributed by atoms with Crippen molar-refractivity contribution in [2.75, 3.05) is 12.8 Å². The highest BCUT2D eigenvalue weighted by Crippen LogP contribution is 2.40. The number of fused-ring (bicyclic) bond motifs is 4. The topological polar surface area (TPSA) is 89.4 Å². The molecule has 0 fully saturated rings. The molecule has 2 N–H and O–H groups in total. The summed E-state index contributed by atoms with van der Waals surface area (Å²) in [6, 6.07) is 5.44. The third-order valence-corrected chi connectivity index (χ3v) is 6.37. The van der Waals surface area contributed by atoms with Crippen molar-refractivity contribution in [3.05, 3.63) is 51.3 Å². The summed E-state index contributed by atoms with van der Waals surface area (Å²) in [4.78, 5) is 28.9. The number of thiazole rings is 1. The minimum Gasteiger partial charge on any atom is -0.382 e. The molecule has 136 valence electrons. The van der Waals surface area contributed by atoms with Crippen LogP contribution in [-0.4, -0.2) is 37.2 Å². The Balaban J connectivity index is 1.55. The lowest BCUT2D eigenvalue weighted by Gasteiger charge is -2.24. The van der Waals surface area contributed by atoms with E-state index in [0.717, 1.165) is 40.0 Å². The minimum absolute atomic E-state index is 0.00556. The molecule has 0 saturated heterocycles. The van der Waals surface area contributed by atoms with Crippen molar-refractivity contribution in [2.45, 2.75) is 18.9 Å². The van der Waals surface area contributed by atoms with Gasteiger partial charge in [-0.25, -0.2) is 15.0 Å². The van der Waals surface area contributed by atoms with Gasteiger partial charge in [-0.1, -0.05) is 11.6 Å². The summed E-state index contributed by atoms with van der Waals surface area (Å²) in [5.41, 5.74) is 9.82. The van der Waals surface area contributed by atoms with Gasteiger partial charge in [-0.05, 0) is 31.0 Å². The SMILES string of the molecule is CN(C(=O)c1ccc2nc(N)c3cncn3c2c1)C1CCc2nc(Cl)sc21. The third-order valence-electron chi connectivity index (χ3n) is 5.07. The highest BCUT2D eigenvalue weighted by molar-refractivity contribution is 7.16. The van der Waals surface area contributed by atoms with Gasteiger partial charge in [0, 0.05) is 12.6 Å². The molecule has 27 heavy (non-hydrogen) atoms. The van der Waals surface area contributed by atoms with Gasteiger partial charge in [0.15, 0.2) is 4.47 Å². The first-order chi connectivity index (χ1) is 13.0. The zero-order valence-corrected chi connectivity index (χ0v) is 16.0. The van der Waals surface area contributed by atoms with Gasteiger partial charge in [0.2, 0.25) is 0 Å². The molecule has 9 heteroatoms. The summed E-state index contributed by atoms with van der Waals surface area (Å²) >= 11 is 7.50. The number of nitrogens with zero attached hydrogens (tertiary/aromatic N) is 5. The van der Waals surface area contributed by atoms with Crippen LogP contribution in [0, 0.1) is 0 Å². The lowest BCUT2D eigenvalue weighted by molar-refractivity contribution is 0.0733. The first-order valence-electron chi connectivity index (χ1n) is 8.46. The van der Waals surface area contributed by atoms with Gasteiger partial charge in [-0.15, -0.1) is 11.3 Å². The molecule has 3 heterocycles. The number of amides is 1. The average molecular weight is 399 g/mol. The van der Waals surface area contributed by atoms with Crippen LogP contribution in [0.2, 0.25) is 4.47 Å². The second kappa shape index (κ2) is 5.90. The fourth-order valence-electron chi connectivity index (χ4n) is 3.70. The summed E-state index contributed by atoms with van der Waals surface area (Å²) < 4.78 is 2.38. The predicted molar refractivity (Wildman–Crippen MR) is 105 cm³/mol. The predicted octanol–water partition coefficient (Wildman–Crippen LogP) is 3.33. The molecule has 1 unspecified atom stereocenters. The number of anilines is 1. The maximum atomic E-state index is 13.1. The lowest BCUT2D eigenvalue weighted by atomic mass is 10.1. The standard InChI is InChI=1S/C18H15ClN6OS/c1-24(12-5-4-11-15(12)27-18(19)23-11)17(26)9-2-3-10-13(6-9)25-8-21-7-14(25)16(20)22-10/h2-3,6-8,12H,4-5H2,1H3,(H2,20,22). The fourth-order valence-corrected chi connectivity index (χ4v) is 5.07. The van der Waals surface area contributed by atoms with E-state index in [1.165, 1.54) is 11.3 Å². The van der Waals surface area contributed by atoms with Gasteiger partial charge in [0.05, 0.1) is 40.2 Å². The second-order valence-corrected chi connectivity index (χ2v) is 8.21. The van der Waals surface area contributed by atoms with Crippen molar-refractivity contribution >= 4 is 51.2 Å². The van der Waals surface area contributed by atoms with Gasteiger partial charge in [0.25, 0.3) is 5.91 Å². The van der Waals surface area contributed by atoms with Crippen LogP contribution in [0.4, 0.5) is 5.82 Å². The van der Waals surface area contributed by atoms with Crippen molar-refractivity contribution in [3.8, 4) is 0 Å². The van der Waals surface area contributed by atoms with Crippen LogP contribution in [0.1, 0.15) is 33.4 Å². The van der Waals surface area contributed by atoms with Crippen LogP contribution in [0.3, 0.4) is 0 Å². The van der Waals surface area contributed by atoms with Gasteiger partial charge < -0.3 is 10.6 Å². The number of benzene rings is 1. The smallest absolute Gasteiger partial charge is 0.254 e. The molecule has 4 aromatic rings. The molecule has 0 saturated carbocycles. The van der Waals surface area contributed by atoms with Crippen molar-refractivity contribution in [1.82, 2.24) is 24.3 Å². The number of aryl methyl sites for hydroxylation is 1. The minimum atomic E-state index is -0.0515. The maximum absolute atomic E-state index is 13.1. The molecule has 0 aliphatic heterocycles. The van der Waals surface area contributed by atoms with Crippen LogP contribution in [0.25, 0.3) is 16.6 Å². The number of nitrogens with two attached hydrogens (primary N) is 1. The van der Waals surface area contributed by atoms with Crippen molar-refractivity contribution in [3.63, 3.8) is 0 Å². The fraction of sp³-hybridized carbons (Fsp3) is 0.222. The Morgan fingerprint density at radius 2 is 2.22 bits per heavy atom. The number of aromatic nitrogens is 4. The van der Waals surface area contributed by atoms with E-state index in [-0.39, 0.29) is 11.9 Å². The molecular formula is C18H15ClN6OS. The number of carbonyl (C=O) groups is 1. The molecule has 1 aromatic carbocycles. The summed E-state index contributed by atoms with van der Waals surface area (Å²) in [5, 5.41) is 0. The van der Waals surface area contributed by atoms with E-state index in [4.69, 9.17) is 17.3 Å². The van der Waals surface area contributed by atoms with E-state index < -0.39 is 0 Å². The first-order valence-corrected chi connectivity index (χ1v) is 9.66. The number of imidazole rings is 1. The monoisotopic (exact) mass is 398 g/mol. The normalized spacial score (nSPS) is 16.1. The Bertz CT molecular complexity index is 1220. The summed E-state index contributed by atoms with van der Waals surface area (Å²) in [6.45, 7) is 0. The number of hydrogen-bond acceptors (Lipinski definition) is 6. The molecule has 7 nitrogen and oxygen atoms in total. The Kier molecular flexibility index (Phi) is 3.60. The van der Waals surface area contributed by atoms with Gasteiger partial charge in [-0.3, -0.25) is 9.20 Å². The molecule has 1 aliphatic carbocycles. The molecule has 0 radical (unpaired) electrons. The summed E-state index contributed by atoms with van der Waals surface area (Å²) in [5.74, 6) is 0.362. The molecule has 1 atom stereocenters. The second-order valence-electron chi connectivity index (χ2n) is 6.60. The van der Waals surface area contributed by atoms with Gasteiger partial charge in [0.1, 0.15) is 11.3 Å². The highest BCUT2D eigenvalue weighted by Gasteiger charge is 2.32. The Hall–Kier alpha value is -2.71. The average Bonchev–Trinajstić information content (AvgIpc) is 3.36. The van der Waals surface area contributed by atoms with E-state index in [2.05, 4.69) is 15.0 Å². The molecular weight excluding hydrogens is 384 g/mol. The Labute approximate surface area is 163 Å². The molecule has 1 aliphatic rings. The number of carbonyl (C=O) groups excluding carboxylic acids is 1. The lowest BCUT2D eigenvalue weighted by Crippen LogP contribution is -2.29. The van der Waals surface area contributed by atoms with Crippen LogP contribution < -0.4 is 5.73 Å². The van der Waals surface area contributed by atoms with E-state index in [1.54, 1.807) is 23.5 Å². The van der Waals surface area contributed by atoms with Crippen molar-refractivity contribution < 1.29 is 4.79 Å². The molecule has 0 spiro atoms. The van der Waals surface area contributed by atoms with Crippen molar-refractivity contribution in [2.24, 2.45) is 0 Å². The Morgan fingerprint density at radius 3 is 3.07 bits per heavy atom. The summed E-state index contributed by atoms with van der Waals surface area (Å²) in [7, 11) is 1.83. The largest absolute Gasteiger partial charge is 0.382 e.